The van der Waals surface area contributed by atoms with Crippen LogP contribution in [0.2, 0.25) is 5.15 Å². The highest BCUT2D eigenvalue weighted by atomic mass is 35.5. The molecule has 0 atom stereocenters. The van der Waals surface area contributed by atoms with Gasteiger partial charge in [0.25, 0.3) is 11.6 Å². The predicted octanol–water partition coefficient (Wildman–Crippen LogP) is 0.460. The van der Waals surface area contributed by atoms with Gasteiger partial charge in [0.1, 0.15) is 16.9 Å². The van der Waals surface area contributed by atoms with Gasteiger partial charge in [-0.05, 0) is 6.07 Å². The number of aromatic nitrogens is 1. The van der Waals surface area contributed by atoms with E-state index in [1.807, 2.05) is 0 Å². The van der Waals surface area contributed by atoms with E-state index in [1.165, 1.54) is 4.90 Å². The van der Waals surface area contributed by atoms with E-state index in [1.54, 1.807) is 0 Å². The van der Waals surface area contributed by atoms with Gasteiger partial charge in [-0.25, -0.2) is 4.98 Å². The van der Waals surface area contributed by atoms with Crippen LogP contribution in [-0.4, -0.2) is 45.0 Å². The van der Waals surface area contributed by atoms with Gasteiger partial charge in [0.2, 0.25) is 0 Å². The third-order valence-electron chi connectivity index (χ3n) is 2.43. The molecule has 0 bridgehead atoms. The normalized spacial score (nSPS) is 15.5. The quantitative estimate of drug-likeness (QED) is 0.472. The number of rotatable bonds is 2. The summed E-state index contributed by atoms with van der Waals surface area (Å²) in [7, 11) is 0. The first-order chi connectivity index (χ1) is 7.99. The largest absolute Gasteiger partial charge is 0.389 e. The Bertz CT molecular complexity index is 487. The summed E-state index contributed by atoms with van der Waals surface area (Å²) in [6.07, 6.45) is 0.390. The Balaban J connectivity index is 2.33. The average Bonchev–Trinajstić information content (AvgIpc) is 2.23. The maximum absolute atomic E-state index is 11.9. The fraction of sp³-hybridized carbons (Fsp3) is 0.333. The number of nitro groups is 1. The number of carbonyl (C=O) groups excluding carboxylic acids is 1. The van der Waals surface area contributed by atoms with Crippen molar-refractivity contribution < 1.29 is 14.8 Å². The number of nitrogens with zero attached hydrogens (tertiary/aromatic N) is 3. The number of hydrogen-bond donors (Lipinski definition) is 1. The fourth-order valence-electron chi connectivity index (χ4n) is 1.53. The maximum Gasteiger partial charge on any atom is 0.300 e. The second-order valence-corrected chi connectivity index (χ2v) is 4.03. The minimum atomic E-state index is -0.688. The average molecular weight is 258 g/mol. The summed E-state index contributed by atoms with van der Waals surface area (Å²) in [5, 5.41) is 19.8. The van der Waals surface area contributed by atoms with Crippen LogP contribution in [0.3, 0.4) is 0 Å². The van der Waals surface area contributed by atoms with Crippen LogP contribution in [0.1, 0.15) is 10.4 Å². The van der Waals surface area contributed by atoms with Gasteiger partial charge in [0.05, 0.1) is 11.0 Å². The van der Waals surface area contributed by atoms with Crippen LogP contribution in [0, 0.1) is 10.1 Å². The van der Waals surface area contributed by atoms with E-state index in [2.05, 4.69) is 4.98 Å². The Labute approximate surface area is 101 Å². The summed E-state index contributed by atoms with van der Waals surface area (Å²) in [5.74, 6) is -0.522. The van der Waals surface area contributed by atoms with Gasteiger partial charge in [0.15, 0.2) is 0 Å². The summed E-state index contributed by atoms with van der Waals surface area (Å²) in [6, 6.07) is 1.16. The van der Waals surface area contributed by atoms with E-state index in [-0.39, 0.29) is 29.5 Å². The first-order valence-corrected chi connectivity index (χ1v) is 5.14. The van der Waals surface area contributed by atoms with E-state index in [9.17, 15) is 14.9 Å². The molecule has 7 nitrogen and oxygen atoms in total. The molecule has 8 heteroatoms. The van der Waals surface area contributed by atoms with Gasteiger partial charge < -0.3 is 10.0 Å². The zero-order chi connectivity index (χ0) is 12.6. The number of hydrogen-bond acceptors (Lipinski definition) is 5. The van der Waals surface area contributed by atoms with Gasteiger partial charge in [-0.3, -0.25) is 14.9 Å². The minimum absolute atomic E-state index is 0.0139. The highest BCUT2D eigenvalue weighted by Gasteiger charge is 2.33. The molecular formula is C9H8ClN3O4. The maximum atomic E-state index is 11.9. The first-order valence-electron chi connectivity index (χ1n) is 4.76. The van der Waals surface area contributed by atoms with Crippen molar-refractivity contribution in [1.29, 1.82) is 0 Å². The van der Waals surface area contributed by atoms with Gasteiger partial charge in [-0.15, -0.1) is 0 Å². The highest BCUT2D eigenvalue weighted by molar-refractivity contribution is 6.29. The second-order valence-electron chi connectivity index (χ2n) is 3.65. The molecule has 1 amide bonds. The van der Waals surface area contributed by atoms with Crippen molar-refractivity contribution in [3.8, 4) is 0 Å². The van der Waals surface area contributed by atoms with Gasteiger partial charge in [0, 0.05) is 13.1 Å². The van der Waals surface area contributed by atoms with Gasteiger partial charge >= 0.3 is 0 Å². The molecule has 1 aromatic heterocycles. The van der Waals surface area contributed by atoms with E-state index < -0.39 is 16.9 Å². The zero-order valence-corrected chi connectivity index (χ0v) is 9.29. The van der Waals surface area contributed by atoms with Crippen molar-refractivity contribution in [2.45, 2.75) is 6.10 Å². The number of likely N-dealkylation sites (tertiary alicyclic amines) is 1. The molecule has 0 unspecified atom stereocenters. The third kappa shape index (κ3) is 2.20. The first kappa shape index (κ1) is 11.7. The number of amides is 1. The lowest BCUT2D eigenvalue weighted by atomic mass is 10.1. The van der Waals surface area contributed by atoms with Crippen molar-refractivity contribution in [1.82, 2.24) is 9.88 Å². The van der Waals surface area contributed by atoms with E-state index >= 15 is 0 Å². The topological polar surface area (TPSA) is 96.6 Å². The smallest absolute Gasteiger partial charge is 0.300 e. The van der Waals surface area contributed by atoms with Crippen LogP contribution in [0.25, 0.3) is 0 Å². The summed E-state index contributed by atoms with van der Waals surface area (Å²) in [6.45, 7) is 0.353. The molecule has 1 aromatic rings. The number of pyridine rings is 1. The van der Waals surface area contributed by atoms with Crippen molar-refractivity contribution in [2.75, 3.05) is 13.1 Å². The molecule has 0 aliphatic carbocycles. The number of aliphatic hydroxyl groups excluding tert-OH is 1. The van der Waals surface area contributed by atoms with E-state index in [0.717, 1.165) is 12.3 Å². The van der Waals surface area contributed by atoms with Gasteiger partial charge in [-0.2, -0.15) is 0 Å². The number of β-amino-alcohol motifs (C(OH)–C–C–N with tert-alkyl or cyclic N) is 1. The highest BCUT2D eigenvalue weighted by Crippen LogP contribution is 2.23. The Kier molecular flexibility index (Phi) is 2.95. The molecule has 0 aromatic carbocycles. The van der Waals surface area contributed by atoms with Crippen molar-refractivity contribution in [3.63, 3.8) is 0 Å². The van der Waals surface area contributed by atoms with Crippen LogP contribution in [0.15, 0.2) is 12.3 Å². The molecule has 90 valence electrons. The molecule has 1 aliphatic rings. The van der Waals surface area contributed by atoms with E-state index in [4.69, 9.17) is 16.7 Å². The van der Waals surface area contributed by atoms with Crippen molar-refractivity contribution in [2.24, 2.45) is 0 Å². The fourth-order valence-corrected chi connectivity index (χ4v) is 1.69. The molecule has 1 saturated heterocycles. The summed E-state index contributed by atoms with van der Waals surface area (Å²) in [4.78, 5) is 26.8. The number of carbonyl (C=O) groups is 1. The molecule has 2 rings (SSSR count). The van der Waals surface area contributed by atoms with Crippen LogP contribution < -0.4 is 0 Å². The summed E-state index contributed by atoms with van der Waals surface area (Å²) >= 11 is 5.61. The van der Waals surface area contributed by atoms with Crippen LogP contribution in [0.5, 0.6) is 0 Å². The van der Waals surface area contributed by atoms with Crippen molar-refractivity contribution >= 4 is 23.2 Å². The second kappa shape index (κ2) is 4.27. The Morgan fingerprint density at radius 2 is 2.29 bits per heavy atom. The lowest BCUT2D eigenvalue weighted by Gasteiger charge is -2.35. The lowest BCUT2D eigenvalue weighted by Crippen LogP contribution is -2.53. The summed E-state index contributed by atoms with van der Waals surface area (Å²) in [5.41, 5.74) is -0.498. The SMILES string of the molecule is O=C(c1cc(Cl)ncc1[N+](=O)[O-])N1CC(O)C1. The molecule has 0 saturated carbocycles. The monoisotopic (exact) mass is 257 g/mol. The van der Waals surface area contributed by atoms with Crippen LogP contribution in [-0.2, 0) is 0 Å². The summed E-state index contributed by atoms with van der Waals surface area (Å²) < 4.78 is 0. The molecule has 0 radical (unpaired) electrons. The molecular weight excluding hydrogens is 250 g/mol. The Hall–Kier alpha value is -1.73. The lowest BCUT2D eigenvalue weighted by molar-refractivity contribution is -0.385. The van der Waals surface area contributed by atoms with E-state index in [0.29, 0.717) is 0 Å². The Morgan fingerprint density at radius 3 is 2.82 bits per heavy atom. The van der Waals surface area contributed by atoms with Crippen molar-refractivity contribution in [3.05, 3.63) is 33.1 Å². The molecule has 1 aliphatic heterocycles. The Morgan fingerprint density at radius 1 is 1.65 bits per heavy atom. The molecule has 1 N–H and O–H groups in total. The molecule has 1 fully saturated rings. The molecule has 2 heterocycles. The third-order valence-corrected chi connectivity index (χ3v) is 2.63. The van der Waals surface area contributed by atoms with Crippen LogP contribution >= 0.6 is 11.6 Å². The molecule has 0 spiro atoms. The predicted molar refractivity (Wildman–Crippen MR) is 57.8 cm³/mol. The molecule has 17 heavy (non-hydrogen) atoms. The zero-order valence-electron chi connectivity index (χ0n) is 8.54. The number of aliphatic hydroxyl groups is 1. The minimum Gasteiger partial charge on any atom is -0.389 e. The standard InChI is InChI=1S/C9H8ClN3O4/c10-8-1-6(7(2-11-8)13(16)17)9(15)12-3-5(14)4-12/h1-2,5,14H,3-4H2. The van der Waals surface area contributed by atoms with Gasteiger partial charge in [-0.1, -0.05) is 11.6 Å². The van der Waals surface area contributed by atoms with Crippen LogP contribution in [0.4, 0.5) is 5.69 Å². The number of halogens is 1.